The van der Waals surface area contributed by atoms with Crippen LogP contribution in [0.4, 0.5) is 5.69 Å². The molecule has 0 aromatic heterocycles. The molecule has 1 aromatic rings. The van der Waals surface area contributed by atoms with Crippen molar-refractivity contribution in [3.63, 3.8) is 0 Å². The molecule has 2 aliphatic rings. The minimum Gasteiger partial charge on any atom is -0.355 e. The fourth-order valence-corrected chi connectivity index (χ4v) is 4.16. The lowest BCUT2D eigenvalue weighted by molar-refractivity contribution is -0.122. The van der Waals surface area contributed by atoms with Crippen LogP contribution in [0, 0.1) is 17.8 Å². The summed E-state index contributed by atoms with van der Waals surface area (Å²) in [5.74, 6) is 0.760. The maximum Gasteiger partial charge on any atom is 0.253 e. The Hall–Kier alpha value is -1.59. The van der Waals surface area contributed by atoms with E-state index >= 15 is 0 Å². The normalized spacial score (nSPS) is 28.4. The second kappa shape index (κ2) is 7.99. The highest BCUT2D eigenvalue weighted by Crippen LogP contribution is 2.42. The SMILES string of the molecule is CNC(=O)c1ccccc1NC(=O)C1CC2CCCC(C1)C2N.Cl. The van der Waals surface area contributed by atoms with E-state index in [1.165, 1.54) is 6.42 Å². The Morgan fingerprint density at radius 3 is 2.38 bits per heavy atom. The quantitative estimate of drug-likeness (QED) is 0.782. The molecule has 0 spiro atoms. The molecule has 2 saturated carbocycles. The lowest BCUT2D eigenvalue weighted by Gasteiger charge is -2.43. The van der Waals surface area contributed by atoms with E-state index in [0.717, 1.165) is 25.7 Å². The van der Waals surface area contributed by atoms with E-state index in [1.807, 2.05) is 6.07 Å². The van der Waals surface area contributed by atoms with Crippen molar-refractivity contribution in [3.8, 4) is 0 Å². The van der Waals surface area contributed by atoms with Crippen LogP contribution < -0.4 is 16.4 Å². The lowest BCUT2D eigenvalue weighted by atomic mass is 9.65. The first-order valence-corrected chi connectivity index (χ1v) is 8.47. The second-order valence-corrected chi connectivity index (χ2v) is 6.81. The van der Waals surface area contributed by atoms with Gasteiger partial charge < -0.3 is 16.4 Å². The summed E-state index contributed by atoms with van der Waals surface area (Å²) in [5, 5.41) is 5.56. The summed E-state index contributed by atoms with van der Waals surface area (Å²) in [4.78, 5) is 24.6. The topological polar surface area (TPSA) is 84.2 Å². The predicted molar refractivity (Wildman–Crippen MR) is 97.2 cm³/mol. The van der Waals surface area contributed by atoms with Gasteiger partial charge in [-0.1, -0.05) is 18.6 Å². The van der Waals surface area contributed by atoms with Crippen LogP contribution in [0.25, 0.3) is 0 Å². The molecular weight excluding hydrogens is 326 g/mol. The van der Waals surface area contributed by atoms with E-state index in [4.69, 9.17) is 5.73 Å². The first kappa shape index (κ1) is 18.7. The van der Waals surface area contributed by atoms with Crippen LogP contribution in [0.2, 0.25) is 0 Å². The minimum absolute atomic E-state index is 0. The summed E-state index contributed by atoms with van der Waals surface area (Å²) < 4.78 is 0. The first-order valence-electron chi connectivity index (χ1n) is 8.47. The number of carbonyl (C=O) groups is 2. The molecule has 0 radical (unpaired) electrons. The molecule has 2 unspecified atom stereocenters. The van der Waals surface area contributed by atoms with Gasteiger partial charge >= 0.3 is 0 Å². The molecule has 132 valence electrons. The van der Waals surface area contributed by atoms with Gasteiger partial charge in [-0.15, -0.1) is 12.4 Å². The molecule has 2 atom stereocenters. The Labute approximate surface area is 149 Å². The zero-order valence-corrected chi connectivity index (χ0v) is 14.8. The number of hydrogen-bond acceptors (Lipinski definition) is 3. The van der Waals surface area contributed by atoms with E-state index in [1.54, 1.807) is 25.2 Å². The zero-order valence-electron chi connectivity index (χ0n) is 14.0. The smallest absolute Gasteiger partial charge is 0.253 e. The number of nitrogens with two attached hydrogens (primary N) is 1. The molecule has 3 rings (SSSR count). The third-order valence-electron chi connectivity index (χ3n) is 5.44. The highest BCUT2D eigenvalue weighted by atomic mass is 35.5. The zero-order chi connectivity index (χ0) is 16.4. The van der Waals surface area contributed by atoms with Gasteiger partial charge in [-0.3, -0.25) is 9.59 Å². The Bertz CT molecular complexity index is 594. The van der Waals surface area contributed by atoms with Crippen molar-refractivity contribution >= 4 is 29.9 Å². The van der Waals surface area contributed by atoms with Gasteiger partial charge in [-0.2, -0.15) is 0 Å². The number of anilines is 1. The number of amides is 2. The maximum atomic E-state index is 12.7. The lowest BCUT2D eigenvalue weighted by Crippen LogP contribution is -2.48. The molecule has 4 N–H and O–H groups in total. The Morgan fingerprint density at radius 2 is 1.75 bits per heavy atom. The number of para-hydroxylation sites is 1. The van der Waals surface area contributed by atoms with Crippen molar-refractivity contribution < 1.29 is 9.59 Å². The third kappa shape index (κ3) is 3.73. The van der Waals surface area contributed by atoms with Gasteiger partial charge in [0.15, 0.2) is 0 Å². The van der Waals surface area contributed by atoms with Gasteiger partial charge in [0.2, 0.25) is 5.91 Å². The molecule has 6 heteroatoms. The van der Waals surface area contributed by atoms with E-state index in [9.17, 15) is 9.59 Å². The molecule has 0 saturated heterocycles. The fraction of sp³-hybridized carbons (Fsp3) is 0.556. The van der Waals surface area contributed by atoms with Crippen molar-refractivity contribution in [1.82, 2.24) is 5.32 Å². The van der Waals surface area contributed by atoms with Crippen molar-refractivity contribution in [2.45, 2.75) is 38.1 Å². The average molecular weight is 352 g/mol. The summed E-state index contributed by atoms with van der Waals surface area (Å²) in [6.07, 6.45) is 5.24. The summed E-state index contributed by atoms with van der Waals surface area (Å²) in [6, 6.07) is 7.38. The van der Waals surface area contributed by atoms with Crippen LogP contribution in [-0.2, 0) is 4.79 Å². The van der Waals surface area contributed by atoms with Crippen LogP contribution in [0.5, 0.6) is 0 Å². The van der Waals surface area contributed by atoms with Crippen molar-refractivity contribution in [3.05, 3.63) is 29.8 Å². The number of benzene rings is 1. The number of fused-ring (bicyclic) bond motifs is 2. The summed E-state index contributed by atoms with van der Waals surface area (Å²) >= 11 is 0. The van der Waals surface area contributed by atoms with Crippen LogP contribution >= 0.6 is 12.4 Å². The van der Waals surface area contributed by atoms with Gasteiger partial charge in [0.1, 0.15) is 0 Å². The summed E-state index contributed by atoms with van der Waals surface area (Å²) in [6.45, 7) is 0. The van der Waals surface area contributed by atoms with Crippen molar-refractivity contribution in [2.75, 3.05) is 12.4 Å². The Kier molecular flexibility index (Phi) is 6.24. The van der Waals surface area contributed by atoms with Crippen LogP contribution in [0.15, 0.2) is 24.3 Å². The monoisotopic (exact) mass is 351 g/mol. The molecule has 1 aromatic carbocycles. The van der Waals surface area contributed by atoms with Gasteiger partial charge in [-0.25, -0.2) is 0 Å². The van der Waals surface area contributed by atoms with Gasteiger partial charge in [0.25, 0.3) is 5.91 Å². The highest BCUT2D eigenvalue weighted by Gasteiger charge is 2.40. The Morgan fingerprint density at radius 1 is 1.12 bits per heavy atom. The van der Waals surface area contributed by atoms with Crippen LogP contribution in [0.1, 0.15) is 42.5 Å². The molecule has 0 heterocycles. The van der Waals surface area contributed by atoms with Crippen LogP contribution in [0.3, 0.4) is 0 Å². The average Bonchev–Trinajstić information content (AvgIpc) is 2.54. The largest absolute Gasteiger partial charge is 0.355 e. The summed E-state index contributed by atoms with van der Waals surface area (Å²) in [7, 11) is 1.59. The van der Waals surface area contributed by atoms with Crippen LogP contribution in [-0.4, -0.2) is 24.9 Å². The first-order chi connectivity index (χ1) is 11.1. The van der Waals surface area contributed by atoms with E-state index in [2.05, 4.69) is 10.6 Å². The third-order valence-corrected chi connectivity index (χ3v) is 5.44. The maximum absolute atomic E-state index is 12.7. The van der Waals surface area contributed by atoms with Crippen molar-refractivity contribution in [1.29, 1.82) is 0 Å². The number of carbonyl (C=O) groups excluding carboxylic acids is 2. The number of halogens is 1. The molecule has 2 aliphatic carbocycles. The predicted octanol–water partition coefficient (Wildman–Crippen LogP) is 2.56. The fourth-order valence-electron chi connectivity index (χ4n) is 4.16. The molecule has 2 amide bonds. The highest BCUT2D eigenvalue weighted by molar-refractivity contribution is 6.04. The van der Waals surface area contributed by atoms with Gasteiger partial charge in [-0.05, 0) is 49.7 Å². The molecular formula is C18H26ClN3O2. The standard InChI is InChI=1S/C18H25N3O2.ClH/c1-20-18(23)14-7-2-3-8-15(14)21-17(22)13-9-11-5-4-6-12(10-13)16(11)19;/h2-3,7-8,11-13,16H,4-6,9-10,19H2,1H3,(H,20,23)(H,21,22);1H. The molecule has 2 bridgehead atoms. The molecule has 24 heavy (non-hydrogen) atoms. The number of nitrogens with one attached hydrogen (secondary N) is 2. The minimum atomic E-state index is -0.191. The number of rotatable bonds is 3. The van der Waals surface area contributed by atoms with E-state index in [0.29, 0.717) is 23.1 Å². The van der Waals surface area contributed by atoms with Gasteiger partial charge in [0, 0.05) is 19.0 Å². The molecule has 5 nitrogen and oxygen atoms in total. The van der Waals surface area contributed by atoms with Gasteiger partial charge in [0.05, 0.1) is 11.3 Å². The summed E-state index contributed by atoms with van der Waals surface area (Å²) in [5.41, 5.74) is 7.37. The number of hydrogen-bond donors (Lipinski definition) is 3. The second-order valence-electron chi connectivity index (χ2n) is 6.81. The van der Waals surface area contributed by atoms with Crippen molar-refractivity contribution in [2.24, 2.45) is 23.5 Å². The Balaban J connectivity index is 0.00000208. The van der Waals surface area contributed by atoms with E-state index in [-0.39, 0.29) is 36.2 Å². The molecule has 0 aliphatic heterocycles. The van der Waals surface area contributed by atoms with E-state index < -0.39 is 0 Å². The molecule has 2 fully saturated rings.